The molecule has 1 saturated carbocycles. The highest BCUT2D eigenvalue weighted by Crippen LogP contribution is 2.27. The molecule has 0 bridgehead atoms. The topological polar surface area (TPSA) is 86.8 Å². The van der Waals surface area contributed by atoms with E-state index in [1.54, 1.807) is 49.4 Å². The molecule has 0 radical (unpaired) electrons. The fourth-order valence-corrected chi connectivity index (χ4v) is 6.52. The van der Waals surface area contributed by atoms with Crippen molar-refractivity contribution in [2.24, 2.45) is 0 Å². The first-order chi connectivity index (χ1) is 19.0. The minimum atomic E-state index is -4.12. The SMILES string of the molecule is Cc1cc(C)cc(N(CC(=O)N(Cc2ccc(F)cc2)[C@H](C)C(=O)NC2CCCC2)S(=O)(=O)c2ccccc2)c1. The quantitative estimate of drug-likeness (QED) is 0.370. The third kappa shape index (κ3) is 7.07. The minimum Gasteiger partial charge on any atom is -0.352 e. The molecule has 0 saturated heterocycles. The fraction of sp³-hybridized carbons (Fsp3) is 0.355. The normalized spacial score (nSPS) is 14.5. The zero-order chi connectivity index (χ0) is 28.9. The Labute approximate surface area is 236 Å². The zero-order valence-electron chi connectivity index (χ0n) is 23.1. The summed E-state index contributed by atoms with van der Waals surface area (Å²) < 4.78 is 42.5. The molecule has 3 aromatic rings. The van der Waals surface area contributed by atoms with Gasteiger partial charge in [-0.15, -0.1) is 0 Å². The van der Waals surface area contributed by atoms with E-state index in [1.807, 2.05) is 19.9 Å². The van der Waals surface area contributed by atoms with Gasteiger partial charge in [0.25, 0.3) is 10.0 Å². The van der Waals surface area contributed by atoms with Crippen LogP contribution in [0.4, 0.5) is 10.1 Å². The maximum atomic E-state index is 14.0. The van der Waals surface area contributed by atoms with E-state index < -0.39 is 34.3 Å². The molecule has 1 aliphatic rings. The van der Waals surface area contributed by atoms with Gasteiger partial charge in [0.15, 0.2) is 0 Å². The van der Waals surface area contributed by atoms with Crippen LogP contribution in [-0.4, -0.2) is 43.8 Å². The van der Waals surface area contributed by atoms with Crippen LogP contribution in [0.25, 0.3) is 0 Å². The maximum absolute atomic E-state index is 14.0. The Hall–Kier alpha value is -3.72. The molecule has 4 rings (SSSR count). The second-order valence-corrected chi connectivity index (χ2v) is 12.3. The van der Waals surface area contributed by atoms with Crippen LogP contribution in [0.1, 0.15) is 49.3 Å². The zero-order valence-corrected chi connectivity index (χ0v) is 24.0. The molecular weight excluding hydrogens is 529 g/mol. The van der Waals surface area contributed by atoms with E-state index in [2.05, 4.69) is 5.32 Å². The summed E-state index contributed by atoms with van der Waals surface area (Å²) in [6, 6.07) is 18.2. The molecule has 7 nitrogen and oxygen atoms in total. The van der Waals surface area contributed by atoms with Gasteiger partial charge < -0.3 is 10.2 Å². The van der Waals surface area contributed by atoms with Crippen LogP contribution in [0.2, 0.25) is 0 Å². The summed E-state index contributed by atoms with van der Waals surface area (Å²) in [6.07, 6.45) is 3.86. The van der Waals surface area contributed by atoms with Crippen molar-refractivity contribution in [2.75, 3.05) is 10.8 Å². The lowest BCUT2D eigenvalue weighted by Crippen LogP contribution is -2.52. The molecule has 2 amide bonds. The first-order valence-corrected chi connectivity index (χ1v) is 15.0. The average molecular weight is 566 g/mol. The highest BCUT2D eigenvalue weighted by atomic mass is 32.2. The number of nitrogens with zero attached hydrogens (tertiary/aromatic N) is 2. The van der Waals surface area contributed by atoms with Gasteiger partial charge >= 0.3 is 0 Å². The molecule has 0 unspecified atom stereocenters. The second-order valence-electron chi connectivity index (χ2n) is 10.5. The van der Waals surface area contributed by atoms with E-state index in [0.29, 0.717) is 11.3 Å². The number of amides is 2. The summed E-state index contributed by atoms with van der Waals surface area (Å²) in [7, 11) is -4.12. The largest absolute Gasteiger partial charge is 0.352 e. The van der Waals surface area contributed by atoms with Crippen LogP contribution in [0.15, 0.2) is 77.7 Å². The third-order valence-electron chi connectivity index (χ3n) is 7.24. The van der Waals surface area contributed by atoms with Crippen molar-refractivity contribution in [2.45, 2.75) is 70.0 Å². The number of aryl methyl sites for hydroxylation is 2. The molecule has 40 heavy (non-hydrogen) atoms. The number of benzene rings is 3. The van der Waals surface area contributed by atoms with E-state index in [9.17, 15) is 22.4 Å². The Bertz CT molecular complexity index is 1420. The summed E-state index contributed by atoms with van der Waals surface area (Å²) in [5.41, 5.74) is 2.69. The number of carbonyl (C=O) groups is 2. The molecule has 0 aliphatic heterocycles. The molecule has 0 aromatic heterocycles. The van der Waals surface area contributed by atoms with E-state index in [0.717, 1.165) is 41.1 Å². The molecule has 1 fully saturated rings. The van der Waals surface area contributed by atoms with Crippen molar-refractivity contribution in [3.63, 3.8) is 0 Å². The van der Waals surface area contributed by atoms with Gasteiger partial charge in [-0.05, 0) is 86.7 Å². The Morgan fingerprint density at radius 2 is 1.55 bits per heavy atom. The van der Waals surface area contributed by atoms with E-state index in [1.165, 1.54) is 29.2 Å². The molecule has 1 aliphatic carbocycles. The molecule has 1 atom stereocenters. The van der Waals surface area contributed by atoms with Crippen LogP contribution in [-0.2, 0) is 26.2 Å². The number of hydrogen-bond acceptors (Lipinski definition) is 4. The number of rotatable bonds is 10. The molecular formula is C31H36FN3O4S. The molecule has 0 heterocycles. The highest BCUT2D eigenvalue weighted by molar-refractivity contribution is 7.92. The first kappa shape index (κ1) is 29.3. The molecule has 9 heteroatoms. The van der Waals surface area contributed by atoms with Crippen molar-refractivity contribution >= 4 is 27.5 Å². The van der Waals surface area contributed by atoms with Crippen molar-refractivity contribution < 1.29 is 22.4 Å². The molecule has 212 valence electrons. The van der Waals surface area contributed by atoms with Gasteiger partial charge in [-0.25, -0.2) is 12.8 Å². The predicted octanol–water partition coefficient (Wildman–Crippen LogP) is 5.11. The molecule has 1 N–H and O–H groups in total. The van der Waals surface area contributed by atoms with Crippen LogP contribution in [0, 0.1) is 19.7 Å². The summed E-state index contributed by atoms with van der Waals surface area (Å²) in [4.78, 5) is 28.7. The predicted molar refractivity (Wildman–Crippen MR) is 154 cm³/mol. The number of carbonyl (C=O) groups excluding carboxylic acids is 2. The first-order valence-electron chi connectivity index (χ1n) is 13.5. The number of sulfonamides is 1. The van der Waals surface area contributed by atoms with Gasteiger partial charge in [0.05, 0.1) is 10.6 Å². The number of nitrogens with one attached hydrogen (secondary N) is 1. The van der Waals surface area contributed by atoms with Crippen molar-refractivity contribution in [3.8, 4) is 0 Å². The summed E-state index contributed by atoms with van der Waals surface area (Å²) in [5, 5.41) is 3.04. The highest BCUT2D eigenvalue weighted by Gasteiger charge is 2.33. The van der Waals surface area contributed by atoms with Crippen molar-refractivity contribution in [1.82, 2.24) is 10.2 Å². The van der Waals surface area contributed by atoms with Crippen LogP contribution in [0.3, 0.4) is 0 Å². The van der Waals surface area contributed by atoms with E-state index in [-0.39, 0.29) is 23.4 Å². The van der Waals surface area contributed by atoms with Gasteiger partial charge in [0.2, 0.25) is 11.8 Å². The van der Waals surface area contributed by atoms with Crippen LogP contribution in [0.5, 0.6) is 0 Å². The number of halogens is 1. The number of hydrogen-bond donors (Lipinski definition) is 1. The van der Waals surface area contributed by atoms with Crippen LogP contribution >= 0.6 is 0 Å². The maximum Gasteiger partial charge on any atom is 0.264 e. The van der Waals surface area contributed by atoms with Gasteiger partial charge in [-0.2, -0.15) is 0 Å². The van der Waals surface area contributed by atoms with Crippen molar-refractivity contribution in [3.05, 3.63) is 95.3 Å². The Morgan fingerprint density at radius 1 is 0.950 bits per heavy atom. The van der Waals surface area contributed by atoms with E-state index in [4.69, 9.17) is 0 Å². The lowest BCUT2D eigenvalue weighted by atomic mass is 10.1. The lowest BCUT2D eigenvalue weighted by Gasteiger charge is -2.32. The second kappa shape index (κ2) is 12.6. The fourth-order valence-electron chi connectivity index (χ4n) is 5.10. The summed E-state index contributed by atoms with van der Waals surface area (Å²) >= 11 is 0. The Kier molecular flexibility index (Phi) is 9.25. The molecule has 3 aromatic carbocycles. The van der Waals surface area contributed by atoms with Gasteiger partial charge in [0, 0.05) is 12.6 Å². The van der Waals surface area contributed by atoms with Gasteiger partial charge in [-0.3, -0.25) is 13.9 Å². The minimum absolute atomic E-state index is 0.0183. The Balaban J connectivity index is 1.69. The van der Waals surface area contributed by atoms with Crippen molar-refractivity contribution in [1.29, 1.82) is 0 Å². The smallest absolute Gasteiger partial charge is 0.264 e. The summed E-state index contributed by atoms with van der Waals surface area (Å²) in [6.45, 7) is 4.87. The molecule has 0 spiro atoms. The standard InChI is InChI=1S/C31H36FN3O4S/c1-22-17-23(2)19-28(18-22)35(40(38,39)29-11-5-4-6-12-29)21-30(36)34(20-25-13-15-26(32)16-14-25)24(3)31(37)33-27-9-7-8-10-27/h4-6,11-19,24,27H,7-10,20-21H2,1-3H3,(H,33,37)/t24-/m1/s1. The average Bonchev–Trinajstić information content (AvgIpc) is 3.43. The van der Waals surface area contributed by atoms with Gasteiger partial charge in [0.1, 0.15) is 18.4 Å². The van der Waals surface area contributed by atoms with Gasteiger partial charge in [-0.1, -0.05) is 49.2 Å². The monoisotopic (exact) mass is 565 g/mol. The lowest BCUT2D eigenvalue weighted by molar-refractivity contribution is -0.139. The van der Waals surface area contributed by atoms with Crippen LogP contribution < -0.4 is 9.62 Å². The number of anilines is 1. The van der Waals surface area contributed by atoms with E-state index >= 15 is 0 Å². The third-order valence-corrected chi connectivity index (χ3v) is 9.03. The summed E-state index contributed by atoms with van der Waals surface area (Å²) in [5.74, 6) is -1.26. The Morgan fingerprint density at radius 3 is 2.15 bits per heavy atom.